The minimum Gasteiger partial charge on any atom is -0.465 e. The van der Waals surface area contributed by atoms with Gasteiger partial charge < -0.3 is 10.5 Å². The summed E-state index contributed by atoms with van der Waals surface area (Å²) in [5, 5.41) is 1.53. The zero-order valence-corrected chi connectivity index (χ0v) is 12.8. The van der Waals surface area contributed by atoms with E-state index in [0.29, 0.717) is 5.69 Å². The number of carbonyl (C=O) groups is 1. The van der Waals surface area contributed by atoms with Crippen LogP contribution in [0.5, 0.6) is 0 Å². The van der Waals surface area contributed by atoms with Crippen molar-refractivity contribution in [1.82, 2.24) is 4.72 Å². The molecule has 6 nitrogen and oxygen atoms in total. The van der Waals surface area contributed by atoms with Crippen molar-refractivity contribution < 1.29 is 17.9 Å². The van der Waals surface area contributed by atoms with E-state index in [4.69, 9.17) is 5.73 Å². The number of nitrogens with one attached hydrogen (secondary N) is 1. The SMILES string of the molecule is COC(=O)c1sccc1S(=O)(=O)NCc1ccc(N)cc1. The molecule has 0 spiro atoms. The molecule has 0 saturated heterocycles. The molecule has 1 aromatic heterocycles. The first-order chi connectivity index (χ1) is 9.94. The predicted octanol–water partition coefficient (Wildman–Crippen LogP) is 1.60. The van der Waals surface area contributed by atoms with Gasteiger partial charge in [-0.1, -0.05) is 12.1 Å². The molecule has 2 rings (SSSR count). The van der Waals surface area contributed by atoms with Crippen LogP contribution in [0.4, 0.5) is 5.69 Å². The van der Waals surface area contributed by atoms with Crippen molar-refractivity contribution in [2.75, 3.05) is 12.8 Å². The molecule has 3 N–H and O–H groups in total. The van der Waals surface area contributed by atoms with Crippen LogP contribution in [0.1, 0.15) is 15.2 Å². The third-order valence-electron chi connectivity index (χ3n) is 2.74. The third kappa shape index (κ3) is 3.60. The summed E-state index contributed by atoms with van der Waals surface area (Å²) in [6.45, 7) is 0.110. The van der Waals surface area contributed by atoms with E-state index in [1.165, 1.54) is 18.6 Å². The summed E-state index contributed by atoms with van der Waals surface area (Å²) in [4.78, 5) is 11.5. The number of anilines is 1. The first-order valence-corrected chi connectivity index (χ1v) is 8.30. The second-order valence-electron chi connectivity index (χ2n) is 4.17. The largest absolute Gasteiger partial charge is 0.465 e. The molecule has 8 heteroatoms. The topological polar surface area (TPSA) is 98.5 Å². The monoisotopic (exact) mass is 326 g/mol. The number of sulfonamides is 1. The maximum atomic E-state index is 12.2. The normalized spacial score (nSPS) is 11.3. The fraction of sp³-hybridized carbons (Fsp3) is 0.154. The molecule has 0 saturated carbocycles. The molecule has 0 bridgehead atoms. The Balaban J connectivity index is 2.17. The molecule has 0 unspecified atom stereocenters. The van der Waals surface area contributed by atoms with Gasteiger partial charge in [-0.2, -0.15) is 0 Å². The molecule has 0 amide bonds. The number of nitrogen functional groups attached to an aromatic ring is 1. The zero-order chi connectivity index (χ0) is 15.5. The van der Waals surface area contributed by atoms with Crippen LogP contribution >= 0.6 is 11.3 Å². The number of esters is 1. The first-order valence-electron chi connectivity index (χ1n) is 5.94. The summed E-state index contributed by atoms with van der Waals surface area (Å²) in [7, 11) is -2.57. The lowest BCUT2D eigenvalue weighted by Crippen LogP contribution is -2.24. The summed E-state index contributed by atoms with van der Waals surface area (Å²) in [5.74, 6) is -0.669. The number of hydrogen-bond donors (Lipinski definition) is 2. The summed E-state index contributed by atoms with van der Waals surface area (Å²) in [6.07, 6.45) is 0. The van der Waals surface area contributed by atoms with E-state index in [0.717, 1.165) is 16.9 Å². The van der Waals surface area contributed by atoms with Crippen molar-refractivity contribution >= 4 is 33.0 Å². The number of nitrogens with two attached hydrogens (primary N) is 1. The lowest BCUT2D eigenvalue weighted by molar-refractivity contribution is 0.0602. The Morgan fingerprint density at radius 3 is 2.57 bits per heavy atom. The Morgan fingerprint density at radius 1 is 1.29 bits per heavy atom. The fourth-order valence-corrected chi connectivity index (χ4v) is 3.99. The minimum absolute atomic E-state index is 0.0577. The molecule has 0 aliphatic heterocycles. The minimum atomic E-state index is -3.78. The lowest BCUT2D eigenvalue weighted by Gasteiger charge is -2.07. The van der Waals surface area contributed by atoms with Crippen molar-refractivity contribution in [2.24, 2.45) is 0 Å². The van der Waals surface area contributed by atoms with E-state index in [9.17, 15) is 13.2 Å². The third-order valence-corrected chi connectivity index (χ3v) is 5.20. The van der Waals surface area contributed by atoms with Gasteiger partial charge in [-0.3, -0.25) is 0 Å². The molecular formula is C13H14N2O4S2. The van der Waals surface area contributed by atoms with Crippen LogP contribution in [0, 0.1) is 0 Å². The van der Waals surface area contributed by atoms with Crippen LogP contribution in [0.25, 0.3) is 0 Å². The van der Waals surface area contributed by atoms with Crippen LogP contribution < -0.4 is 10.5 Å². The van der Waals surface area contributed by atoms with Gasteiger partial charge in [0.05, 0.1) is 7.11 Å². The van der Waals surface area contributed by atoms with Gasteiger partial charge >= 0.3 is 5.97 Å². The van der Waals surface area contributed by atoms with Crippen molar-refractivity contribution in [2.45, 2.75) is 11.4 Å². The van der Waals surface area contributed by atoms with Gasteiger partial charge in [0, 0.05) is 12.2 Å². The highest BCUT2D eigenvalue weighted by Crippen LogP contribution is 2.22. The molecule has 112 valence electrons. The molecule has 2 aromatic rings. The molecule has 0 radical (unpaired) electrons. The lowest BCUT2D eigenvalue weighted by atomic mass is 10.2. The second-order valence-corrected chi connectivity index (χ2v) is 6.82. The Kier molecular flexibility index (Phi) is 4.61. The van der Waals surface area contributed by atoms with Crippen molar-refractivity contribution in [3.63, 3.8) is 0 Å². The molecule has 0 aliphatic carbocycles. The number of thiophene rings is 1. The van der Waals surface area contributed by atoms with Crippen molar-refractivity contribution in [1.29, 1.82) is 0 Å². The van der Waals surface area contributed by atoms with Crippen LogP contribution in [0.3, 0.4) is 0 Å². The Bertz CT molecular complexity index is 736. The Morgan fingerprint density at radius 2 is 1.95 bits per heavy atom. The Labute approximate surface area is 126 Å². The standard InChI is InChI=1S/C13H14N2O4S2/c1-19-13(16)12-11(6-7-20-12)21(17,18)15-8-9-2-4-10(14)5-3-9/h2-7,15H,8,14H2,1H3. The Hall–Kier alpha value is -1.90. The number of rotatable bonds is 5. The predicted molar refractivity (Wildman–Crippen MR) is 80.5 cm³/mol. The van der Waals surface area contributed by atoms with Crippen molar-refractivity contribution in [3.05, 3.63) is 46.2 Å². The summed E-state index contributed by atoms with van der Waals surface area (Å²) in [6, 6.07) is 8.21. The van der Waals surface area contributed by atoms with Gasteiger partial charge in [-0.15, -0.1) is 11.3 Å². The van der Waals surface area contributed by atoms with Crippen LogP contribution in [0.15, 0.2) is 40.6 Å². The van der Waals surface area contributed by atoms with Gasteiger partial charge in [0.2, 0.25) is 10.0 Å². The number of hydrogen-bond acceptors (Lipinski definition) is 6. The highest BCUT2D eigenvalue weighted by atomic mass is 32.2. The highest BCUT2D eigenvalue weighted by Gasteiger charge is 2.24. The van der Waals surface area contributed by atoms with E-state index in [-0.39, 0.29) is 16.3 Å². The number of methoxy groups -OCH3 is 1. The quantitative estimate of drug-likeness (QED) is 0.642. The number of carbonyl (C=O) groups excluding carboxylic acids is 1. The summed E-state index contributed by atoms with van der Waals surface area (Å²) in [5.41, 5.74) is 6.94. The van der Waals surface area contributed by atoms with Gasteiger partial charge in [0.15, 0.2) is 0 Å². The van der Waals surface area contributed by atoms with E-state index in [1.54, 1.807) is 24.3 Å². The zero-order valence-electron chi connectivity index (χ0n) is 11.2. The van der Waals surface area contributed by atoms with E-state index < -0.39 is 16.0 Å². The molecule has 21 heavy (non-hydrogen) atoms. The first kappa shape index (κ1) is 15.5. The average molecular weight is 326 g/mol. The smallest absolute Gasteiger partial charge is 0.349 e. The van der Waals surface area contributed by atoms with Gasteiger partial charge in [0.25, 0.3) is 0 Å². The van der Waals surface area contributed by atoms with E-state index in [2.05, 4.69) is 9.46 Å². The fourth-order valence-electron chi connectivity index (χ4n) is 1.64. The van der Waals surface area contributed by atoms with Gasteiger partial charge in [-0.05, 0) is 29.1 Å². The molecule has 0 atom stereocenters. The molecule has 0 aliphatic rings. The molecular weight excluding hydrogens is 312 g/mol. The number of benzene rings is 1. The maximum absolute atomic E-state index is 12.2. The van der Waals surface area contributed by atoms with E-state index >= 15 is 0 Å². The van der Waals surface area contributed by atoms with Crippen molar-refractivity contribution in [3.8, 4) is 0 Å². The van der Waals surface area contributed by atoms with E-state index in [1.807, 2.05) is 0 Å². The summed E-state index contributed by atoms with van der Waals surface area (Å²) >= 11 is 1.02. The molecule has 1 heterocycles. The maximum Gasteiger partial charge on any atom is 0.349 e. The summed E-state index contributed by atoms with van der Waals surface area (Å²) < 4.78 is 31.5. The van der Waals surface area contributed by atoms with Crippen LogP contribution in [-0.4, -0.2) is 21.5 Å². The van der Waals surface area contributed by atoms with Crippen LogP contribution in [-0.2, 0) is 21.3 Å². The average Bonchev–Trinajstić information content (AvgIpc) is 2.96. The number of ether oxygens (including phenoxy) is 1. The molecule has 0 fully saturated rings. The highest BCUT2D eigenvalue weighted by molar-refractivity contribution is 7.89. The van der Waals surface area contributed by atoms with Gasteiger partial charge in [0.1, 0.15) is 9.77 Å². The van der Waals surface area contributed by atoms with Gasteiger partial charge in [-0.25, -0.2) is 17.9 Å². The second kappa shape index (κ2) is 6.25. The molecule has 1 aromatic carbocycles. The van der Waals surface area contributed by atoms with Crippen LogP contribution in [0.2, 0.25) is 0 Å².